The smallest absolute Gasteiger partial charge is 0.303 e. The summed E-state index contributed by atoms with van der Waals surface area (Å²) in [5.74, 6) is -0.958. The highest BCUT2D eigenvalue weighted by atomic mass is 32.2. The minimum absolute atomic E-state index is 0.185. The minimum Gasteiger partial charge on any atom is -0.463 e. The van der Waals surface area contributed by atoms with Gasteiger partial charge < -0.3 is 28.4 Å². The number of esters is 3. The molecule has 2 aliphatic heterocycles. The van der Waals surface area contributed by atoms with Crippen LogP contribution in [0.1, 0.15) is 34.6 Å². The van der Waals surface area contributed by atoms with Crippen molar-refractivity contribution in [1.82, 2.24) is 0 Å². The summed E-state index contributed by atoms with van der Waals surface area (Å²) in [6, 6.07) is 0. The average molecular weight is 392 g/mol. The Morgan fingerprint density at radius 2 is 1.62 bits per heavy atom. The van der Waals surface area contributed by atoms with Crippen molar-refractivity contribution in [3.8, 4) is 0 Å². The van der Waals surface area contributed by atoms with Crippen molar-refractivity contribution in [3.63, 3.8) is 0 Å². The summed E-state index contributed by atoms with van der Waals surface area (Å²) >= 11 is 1.40. The predicted molar refractivity (Wildman–Crippen MR) is 88.9 cm³/mol. The van der Waals surface area contributed by atoms with Gasteiger partial charge in [0.05, 0.1) is 0 Å². The van der Waals surface area contributed by atoms with E-state index in [1.807, 2.05) is 6.92 Å². The van der Waals surface area contributed by atoms with E-state index in [9.17, 15) is 14.4 Å². The number of hydrogen-bond donors (Lipinski definition) is 0. The second-order valence-corrected chi connectivity index (χ2v) is 7.60. The van der Waals surface area contributed by atoms with Gasteiger partial charge in [0.15, 0.2) is 24.6 Å². The summed E-state index contributed by atoms with van der Waals surface area (Å²) < 4.78 is 33.3. The zero-order valence-electron chi connectivity index (χ0n) is 15.4. The highest BCUT2D eigenvalue weighted by Gasteiger charge is 2.58. The Labute approximate surface area is 155 Å². The van der Waals surface area contributed by atoms with Gasteiger partial charge in [-0.05, 0) is 5.75 Å². The first kappa shape index (κ1) is 20.9. The molecule has 1 unspecified atom stereocenters. The molecule has 148 valence electrons. The molecule has 0 aromatic rings. The Balaban J connectivity index is 2.29. The van der Waals surface area contributed by atoms with E-state index < -0.39 is 53.7 Å². The Kier molecular flexibility index (Phi) is 6.89. The van der Waals surface area contributed by atoms with Crippen molar-refractivity contribution in [1.29, 1.82) is 0 Å². The van der Waals surface area contributed by atoms with E-state index in [1.54, 1.807) is 6.92 Å². The van der Waals surface area contributed by atoms with Crippen molar-refractivity contribution in [2.75, 3.05) is 12.4 Å². The van der Waals surface area contributed by atoms with Gasteiger partial charge in [0.1, 0.15) is 12.7 Å². The molecule has 2 heterocycles. The van der Waals surface area contributed by atoms with Crippen molar-refractivity contribution < 1.29 is 42.8 Å². The largest absolute Gasteiger partial charge is 0.463 e. The molecule has 0 aromatic heterocycles. The summed E-state index contributed by atoms with van der Waals surface area (Å²) in [4.78, 5) is 34.3. The Hall–Kier alpha value is -1.36. The van der Waals surface area contributed by atoms with Gasteiger partial charge >= 0.3 is 17.9 Å². The number of hydrogen-bond acceptors (Lipinski definition) is 10. The first-order valence-corrected chi connectivity index (χ1v) is 9.26. The van der Waals surface area contributed by atoms with Gasteiger partial charge in [0.2, 0.25) is 5.12 Å². The van der Waals surface area contributed by atoms with E-state index >= 15 is 0 Å². The summed E-state index contributed by atoms with van der Waals surface area (Å²) in [5, 5.41) is -1.00. The molecule has 2 saturated heterocycles. The van der Waals surface area contributed by atoms with Gasteiger partial charge in [-0.15, -0.1) is 0 Å². The molecule has 2 aliphatic rings. The van der Waals surface area contributed by atoms with Crippen LogP contribution in [0.2, 0.25) is 0 Å². The maximum absolute atomic E-state index is 11.6. The topological polar surface area (TPSA) is 107 Å². The van der Waals surface area contributed by atoms with Gasteiger partial charge in [-0.1, -0.05) is 18.7 Å². The third kappa shape index (κ3) is 5.09. The summed E-state index contributed by atoms with van der Waals surface area (Å²) in [6.45, 7) is 7.21. The fraction of sp³-hybridized carbons (Fsp3) is 0.812. The molecule has 9 nitrogen and oxygen atoms in total. The summed E-state index contributed by atoms with van der Waals surface area (Å²) in [5.41, 5.74) is 0. The highest BCUT2D eigenvalue weighted by molar-refractivity contribution is 8.00. The standard InChI is InChI=1S/C16H24O9S/c1-6-26-16(5)24-14-13(22-10(4)19)12(21-9(3)18)11(7-20-8(2)17)23-15(14)25-16/h11-15H,6-7H2,1-5H3/t11-,12-,13+,14-,15-,16?/m1/s1. The number of carbonyl (C=O) groups is 3. The minimum atomic E-state index is -1.01. The average Bonchev–Trinajstić information content (AvgIpc) is 2.83. The van der Waals surface area contributed by atoms with Gasteiger partial charge in [-0.2, -0.15) is 0 Å². The van der Waals surface area contributed by atoms with Gasteiger partial charge in [0, 0.05) is 27.7 Å². The number of rotatable bonds is 6. The number of fused-ring (bicyclic) bond motifs is 1. The lowest BCUT2D eigenvalue weighted by Gasteiger charge is -2.40. The van der Waals surface area contributed by atoms with Crippen LogP contribution in [0.5, 0.6) is 0 Å². The van der Waals surface area contributed by atoms with E-state index in [-0.39, 0.29) is 6.61 Å². The van der Waals surface area contributed by atoms with Crippen LogP contribution < -0.4 is 0 Å². The van der Waals surface area contributed by atoms with Gasteiger partial charge in [-0.25, -0.2) is 0 Å². The second kappa shape index (κ2) is 8.55. The van der Waals surface area contributed by atoms with Gasteiger partial charge in [0.25, 0.3) is 0 Å². The second-order valence-electron chi connectivity index (χ2n) is 5.99. The first-order chi connectivity index (χ1) is 12.1. The maximum Gasteiger partial charge on any atom is 0.303 e. The molecule has 2 fully saturated rings. The Morgan fingerprint density at radius 1 is 1.00 bits per heavy atom. The first-order valence-electron chi connectivity index (χ1n) is 8.28. The van der Waals surface area contributed by atoms with Crippen LogP contribution in [0.15, 0.2) is 0 Å². The van der Waals surface area contributed by atoms with Crippen molar-refractivity contribution in [2.45, 2.75) is 70.4 Å². The van der Waals surface area contributed by atoms with Crippen LogP contribution in [-0.2, 0) is 42.8 Å². The zero-order valence-corrected chi connectivity index (χ0v) is 16.2. The van der Waals surface area contributed by atoms with E-state index in [0.717, 1.165) is 5.75 Å². The molecular weight excluding hydrogens is 368 g/mol. The van der Waals surface area contributed by atoms with E-state index in [2.05, 4.69) is 0 Å². The lowest BCUT2D eigenvalue weighted by molar-refractivity contribution is -0.264. The number of thioether (sulfide) groups is 1. The monoisotopic (exact) mass is 392 g/mol. The van der Waals surface area contributed by atoms with Crippen molar-refractivity contribution >= 4 is 29.7 Å². The quantitative estimate of drug-likeness (QED) is 0.479. The molecule has 0 bridgehead atoms. The lowest BCUT2D eigenvalue weighted by atomic mass is 9.98. The number of ether oxygens (including phenoxy) is 6. The van der Waals surface area contributed by atoms with Crippen LogP contribution in [0.25, 0.3) is 0 Å². The molecule has 0 aliphatic carbocycles. The third-order valence-electron chi connectivity index (χ3n) is 3.73. The van der Waals surface area contributed by atoms with Crippen molar-refractivity contribution in [2.24, 2.45) is 0 Å². The van der Waals surface area contributed by atoms with Crippen LogP contribution in [0.3, 0.4) is 0 Å². The fourth-order valence-corrected chi connectivity index (χ4v) is 3.77. The zero-order chi connectivity index (χ0) is 19.5. The molecule has 6 atom stereocenters. The SMILES string of the molecule is CCSC1(C)O[C@H]2O[C@H](COC(C)=O)[C@@H](OC(C)=O)[C@H](OC(C)=O)[C@H]2O1. The third-order valence-corrected chi connectivity index (χ3v) is 4.74. The molecular formula is C16H24O9S. The Morgan fingerprint density at radius 3 is 2.15 bits per heavy atom. The normalized spacial score (nSPS) is 36.1. The summed E-state index contributed by atoms with van der Waals surface area (Å²) in [7, 11) is 0. The molecule has 0 amide bonds. The van der Waals surface area contributed by atoms with Crippen LogP contribution in [0, 0.1) is 0 Å². The van der Waals surface area contributed by atoms with Crippen LogP contribution in [0.4, 0.5) is 0 Å². The molecule has 0 spiro atoms. The molecule has 0 aromatic carbocycles. The van der Waals surface area contributed by atoms with Crippen LogP contribution in [-0.4, -0.2) is 66.1 Å². The maximum atomic E-state index is 11.6. The molecule has 2 rings (SSSR count). The Bertz CT molecular complexity index is 554. The molecule has 0 radical (unpaired) electrons. The molecule has 10 heteroatoms. The van der Waals surface area contributed by atoms with E-state index in [0.29, 0.717) is 0 Å². The molecule has 26 heavy (non-hydrogen) atoms. The number of carbonyl (C=O) groups excluding carboxylic acids is 3. The van der Waals surface area contributed by atoms with Crippen molar-refractivity contribution in [3.05, 3.63) is 0 Å². The lowest BCUT2D eigenvalue weighted by Crippen LogP contribution is -2.60. The highest BCUT2D eigenvalue weighted by Crippen LogP contribution is 2.43. The molecule has 0 saturated carbocycles. The molecule has 0 N–H and O–H groups in total. The predicted octanol–water partition coefficient (Wildman–Crippen LogP) is 0.980. The van der Waals surface area contributed by atoms with E-state index in [4.69, 9.17) is 28.4 Å². The van der Waals surface area contributed by atoms with Crippen LogP contribution >= 0.6 is 11.8 Å². The van der Waals surface area contributed by atoms with Gasteiger partial charge in [-0.3, -0.25) is 14.4 Å². The fourth-order valence-electron chi connectivity index (χ4n) is 2.91. The summed E-state index contributed by atoms with van der Waals surface area (Å²) in [6.07, 6.45) is -4.49. The van der Waals surface area contributed by atoms with E-state index in [1.165, 1.54) is 32.5 Å².